The van der Waals surface area contributed by atoms with Crippen LogP contribution in [0.15, 0.2) is 12.1 Å². The van der Waals surface area contributed by atoms with E-state index >= 15 is 0 Å². The molecule has 3 N–H and O–H groups in total. The lowest BCUT2D eigenvalue weighted by atomic mass is 10.0. The van der Waals surface area contributed by atoms with Gasteiger partial charge in [0.05, 0.1) is 18.1 Å². The summed E-state index contributed by atoms with van der Waals surface area (Å²) in [4.78, 5) is 10.6. The molecule has 0 atom stereocenters. The van der Waals surface area contributed by atoms with Crippen LogP contribution in [0, 0.1) is 11.3 Å². The standard InChI is InChI=1S/C11H9F3N2O3/c12-11(13,14)19-9-2-6(3-10(17)18)7(4-15)1-8(9)5-16/h1-2H,3,5,16H2,(H,17,18). The Labute approximate surface area is 106 Å². The largest absolute Gasteiger partial charge is 0.573 e. The fourth-order valence-electron chi connectivity index (χ4n) is 1.46. The number of nitrogens with two attached hydrogens (primary N) is 1. The van der Waals surface area contributed by atoms with Crippen molar-refractivity contribution in [1.82, 2.24) is 0 Å². The van der Waals surface area contributed by atoms with E-state index in [9.17, 15) is 18.0 Å². The summed E-state index contributed by atoms with van der Waals surface area (Å²) in [6.07, 6.45) is -5.50. The lowest BCUT2D eigenvalue weighted by Crippen LogP contribution is -2.19. The van der Waals surface area contributed by atoms with Crippen molar-refractivity contribution in [2.24, 2.45) is 5.73 Å². The molecule has 0 spiro atoms. The van der Waals surface area contributed by atoms with E-state index in [2.05, 4.69) is 4.74 Å². The van der Waals surface area contributed by atoms with Crippen LogP contribution in [0.3, 0.4) is 0 Å². The van der Waals surface area contributed by atoms with E-state index in [0.29, 0.717) is 0 Å². The Morgan fingerprint density at radius 1 is 1.42 bits per heavy atom. The first kappa shape index (κ1) is 14.8. The summed E-state index contributed by atoms with van der Waals surface area (Å²) >= 11 is 0. The van der Waals surface area contributed by atoms with Crippen molar-refractivity contribution in [2.45, 2.75) is 19.3 Å². The Balaban J connectivity index is 3.29. The number of nitriles is 1. The number of alkyl halides is 3. The van der Waals surface area contributed by atoms with Crippen molar-refractivity contribution in [2.75, 3.05) is 0 Å². The van der Waals surface area contributed by atoms with Gasteiger partial charge in [0, 0.05) is 12.1 Å². The summed E-state index contributed by atoms with van der Waals surface area (Å²) in [5, 5.41) is 17.5. The van der Waals surface area contributed by atoms with Crippen LogP contribution in [0.1, 0.15) is 16.7 Å². The SMILES string of the molecule is N#Cc1cc(CN)c(OC(F)(F)F)cc1CC(=O)O. The van der Waals surface area contributed by atoms with Crippen molar-refractivity contribution < 1.29 is 27.8 Å². The molecule has 1 aromatic carbocycles. The number of benzene rings is 1. The molecule has 19 heavy (non-hydrogen) atoms. The smallest absolute Gasteiger partial charge is 0.481 e. The number of hydrogen-bond acceptors (Lipinski definition) is 4. The number of carbonyl (C=O) groups is 1. The molecule has 0 radical (unpaired) electrons. The zero-order valence-electron chi connectivity index (χ0n) is 9.49. The number of rotatable bonds is 4. The molecule has 0 aliphatic heterocycles. The molecule has 5 nitrogen and oxygen atoms in total. The molecule has 0 amide bonds. The van der Waals surface area contributed by atoms with Gasteiger partial charge in [-0.3, -0.25) is 4.79 Å². The highest BCUT2D eigenvalue weighted by atomic mass is 19.4. The topological polar surface area (TPSA) is 96.3 Å². The van der Waals surface area contributed by atoms with Gasteiger partial charge in [-0.15, -0.1) is 13.2 Å². The van der Waals surface area contributed by atoms with Gasteiger partial charge in [-0.25, -0.2) is 0 Å². The van der Waals surface area contributed by atoms with Crippen molar-refractivity contribution in [3.05, 3.63) is 28.8 Å². The van der Waals surface area contributed by atoms with Crippen molar-refractivity contribution >= 4 is 5.97 Å². The second-order valence-corrected chi connectivity index (χ2v) is 3.55. The Kier molecular flexibility index (Phi) is 4.34. The lowest BCUT2D eigenvalue weighted by molar-refractivity contribution is -0.274. The molecule has 0 aliphatic rings. The van der Waals surface area contributed by atoms with Crippen LogP contribution < -0.4 is 10.5 Å². The third-order valence-corrected chi connectivity index (χ3v) is 2.19. The maximum absolute atomic E-state index is 12.2. The third kappa shape index (κ3) is 4.15. The lowest BCUT2D eigenvalue weighted by Gasteiger charge is -2.14. The highest BCUT2D eigenvalue weighted by molar-refractivity contribution is 5.72. The molecule has 0 aliphatic carbocycles. The average Bonchev–Trinajstić information content (AvgIpc) is 2.26. The Bertz CT molecular complexity index is 535. The van der Waals surface area contributed by atoms with Crippen LogP contribution >= 0.6 is 0 Å². The second kappa shape index (κ2) is 5.58. The highest BCUT2D eigenvalue weighted by Gasteiger charge is 2.32. The van der Waals surface area contributed by atoms with E-state index in [1.807, 2.05) is 0 Å². The number of aliphatic carboxylic acids is 1. The summed E-state index contributed by atoms with van der Waals surface area (Å²) in [6, 6.07) is 3.68. The minimum absolute atomic E-state index is 0.0250. The molecule has 0 bridgehead atoms. The van der Waals surface area contributed by atoms with Gasteiger partial charge in [0.1, 0.15) is 5.75 Å². The number of halogens is 3. The minimum Gasteiger partial charge on any atom is -0.481 e. The van der Waals surface area contributed by atoms with E-state index in [1.165, 1.54) is 0 Å². The van der Waals surface area contributed by atoms with Crippen molar-refractivity contribution in [3.63, 3.8) is 0 Å². The first-order chi connectivity index (χ1) is 8.76. The first-order valence-corrected chi connectivity index (χ1v) is 5.00. The number of ether oxygens (including phenoxy) is 1. The fraction of sp³-hybridized carbons (Fsp3) is 0.273. The van der Waals surface area contributed by atoms with Crippen LogP contribution in [0.4, 0.5) is 13.2 Å². The number of carboxylic acid groups (broad SMARTS) is 1. The minimum atomic E-state index is -4.92. The number of nitrogens with zero attached hydrogens (tertiary/aromatic N) is 1. The molecule has 0 saturated heterocycles. The molecule has 0 unspecified atom stereocenters. The van der Waals surface area contributed by atoms with E-state index in [4.69, 9.17) is 16.1 Å². The average molecular weight is 274 g/mol. The van der Waals surface area contributed by atoms with Gasteiger partial charge in [-0.2, -0.15) is 5.26 Å². The molecular weight excluding hydrogens is 265 g/mol. The Morgan fingerprint density at radius 2 is 2.05 bits per heavy atom. The highest BCUT2D eigenvalue weighted by Crippen LogP contribution is 2.29. The van der Waals surface area contributed by atoms with Gasteiger partial charge in [-0.05, 0) is 17.7 Å². The van der Waals surface area contributed by atoms with Gasteiger partial charge < -0.3 is 15.6 Å². The molecule has 0 saturated carbocycles. The van der Waals surface area contributed by atoms with E-state index < -0.39 is 24.5 Å². The molecule has 0 aromatic heterocycles. The normalized spacial score (nSPS) is 10.9. The molecule has 0 fully saturated rings. The van der Waals surface area contributed by atoms with Crippen molar-refractivity contribution in [1.29, 1.82) is 5.26 Å². The predicted molar refractivity (Wildman–Crippen MR) is 57.1 cm³/mol. The summed E-state index contributed by atoms with van der Waals surface area (Å²) in [5.41, 5.74) is 5.14. The molecular formula is C11H9F3N2O3. The third-order valence-electron chi connectivity index (χ3n) is 2.19. The van der Waals surface area contributed by atoms with E-state index in [1.54, 1.807) is 6.07 Å². The summed E-state index contributed by atoms with van der Waals surface area (Å²) in [5.74, 6) is -1.86. The zero-order valence-corrected chi connectivity index (χ0v) is 9.49. The van der Waals surface area contributed by atoms with Gasteiger partial charge >= 0.3 is 12.3 Å². The maximum atomic E-state index is 12.2. The van der Waals surface area contributed by atoms with E-state index in [-0.39, 0.29) is 23.2 Å². The number of hydrogen-bond donors (Lipinski definition) is 2. The summed E-state index contributed by atoms with van der Waals surface area (Å²) < 4.78 is 40.3. The molecule has 1 rings (SSSR count). The van der Waals surface area contributed by atoms with Crippen LogP contribution in [0.5, 0.6) is 5.75 Å². The van der Waals surface area contributed by atoms with Crippen molar-refractivity contribution in [3.8, 4) is 11.8 Å². The van der Waals surface area contributed by atoms with Gasteiger partial charge in [0.2, 0.25) is 0 Å². The zero-order chi connectivity index (χ0) is 14.6. The van der Waals surface area contributed by atoms with Crippen LogP contribution in [-0.4, -0.2) is 17.4 Å². The fourth-order valence-corrected chi connectivity index (χ4v) is 1.46. The van der Waals surface area contributed by atoms with Gasteiger partial charge in [0.15, 0.2) is 0 Å². The van der Waals surface area contributed by atoms with Gasteiger partial charge in [0.25, 0.3) is 0 Å². The molecule has 8 heteroatoms. The summed E-state index contributed by atoms with van der Waals surface area (Å²) in [7, 11) is 0. The van der Waals surface area contributed by atoms with Crippen LogP contribution in [-0.2, 0) is 17.8 Å². The maximum Gasteiger partial charge on any atom is 0.573 e. The van der Waals surface area contributed by atoms with Crippen LogP contribution in [0.25, 0.3) is 0 Å². The quantitative estimate of drug-likeness (QED) is 0.868. The Morgan fingerprint density at radius 3 is 2.47 bits per heavy atom. The van der Waals surface area contributed by atoms with Gasteiger partial charge in [-0.1, -0.05) is 0 Å². The molecule has 1 aromatic rings. The molecule has 102 valence electrons. The summed E-state index contributed by atoms with van der Waals surface area (Å²) in [6.45, 7) is -0.270. The molecule has 0 heterocycles. The first-order valence-electron chi connectivity index (χ1n) is 5.00. The monoisotopic (exact) mass is 274 g/mol. The number of carboxylic acids is 1. The predicted octanol–water partition coefficient (Wildman–Crippen LogP) is 1.54. The second-order valence-electron chi connectivity index (χ2n) is 3.55. The van der Waals surface area contributed by atoms with Crippen LogP contribution in [0.2, 0.25) is 0 Å². The van der Waals surface area contributed by atoms with E-state index in [0.717, 1.165) is 12.1 Å². The Hall–Kier alpha value is -2.27.